The highest BCUT2D eigenvalue weighted by atomic mass is 32.2. The first-order valence-electron chi connectivity index (χ1n) is 11.1. The normalized spacial score (nSPS) is 16.7. The second kappa shape index (κ2) is 9.00. The molecule has 1 N–H and O–H groups in total. The SMILES string of the molecule is Cc1ccc(-c2noc(CNC(=O)[C@@H]3CCCN3S(=O)(=O)c3ccc4ccccc4c3)n2)cc1. The molecule has 1 atom stereocenters. The van der Waals surface area contributed by atoms with E-state index in [9.17, 15) is 13.2 Å². The average Bonchev–Trinajstić information content (AvgIpc) is 3.53. The Labute approximate surface area is 197 Å². The first kappa shape index (κ1) is 22.2. The molecule has 2 heterocycles. The Bertz CT molecular complexity index is 1450. The molecule has 5 rings (SSSR count). The molecule has 4 aromatic rings. The average molecular weight is 477 g/mol. The summed E-state index contributed by atoms with van der Waals surface area (Å²) in [6, 6.07) is 19.5. The molecule has 9 heteroatoms. The third-order valence-electron chi connectivity index (χ3n) is 6.03. The summed E-state index contributed by atoms with van der Waals surface area (Å²) in [6.45, 7) is 2.32. The zero-order chi connectivity index (χ0) is 23.7. The van der Waals surface area contributed by atoms with Crippen LogP contribution in [0.2, 0.25) is 0 Å². The molecule has 34 heavy (non-hydrogen) atoms. The number of fused-ring (bicyclic) bond motifs is 1. The lowest BCUT2D eigenvalue weighted by molar-refractivity contribution is -0.124. The van der Waals surface area contributed by atoms with E-state index >= 15 is 0 Å². The van der Waals surface area contributed by atoms with E-state index in [2.05, 4.69) is 15.5 Å². The van der Waals surface area contributed by atoms with Crippen molar-refractivity contribution < 1.29 is 17.7 Å². The van der Waals surface area contributed by atoms with Crippen molar-refractivity contribution in [2.45, 2.75) is 37.2 Å². The van der Waals surface area contributed by atoms with Crippen molar-refractivity contribution in [3.05, 3.63) is 78.2 Å². The molecule has 3 aromatic carbocycles. The van der Waals surface area contributed by atoms with Gasteiger partial charge in [0.1, 0.15) is 6.04 Å². The van der Waals surface area contributed by atoms with Crippen molar-refractivity contribution >= 4 is 26.7 Å². The van der Waals surface area contributed by atoms with Crippen LogP contribution in [0.5, 0.6) is 0 Å². The summed E-state index contributed by atoms with van der Waals surface area (Å²) in [7, 11) is -3.82. The van der Waals surface area contributed by atoms with Crippen molar-refractivity contribution in [3.8, 4) is 11.4 Å². The predicted molar refractivity (Wildman–Crippen MR) is 127 cm³/mol. The molecular formula is C25H24N4O4S. The summed E-state index contributed by atoms with van der Waals surface area (Å²) in [6.07, 6.45) is 1.07. The van der Waals surface area contributed by atoms with E-state index in [1.165, 1.54) is 4.31 Å². The Morgan fingerprint density at radius 1 is 1.09 bits per heavy atom. The van der Waals surface area contributed by atoms with E-state index in [4.69, 9.17) is 4.52 Å². The molecule has 1 aliphatic heterocycles. The fourth-order valence-electron chi connectivity index (χ4n) is 4.18. The third-order valence-corrected chi connectivity index (χ3v) is 7.93. The minimum atomic E-state index is -3.82. The highest BCUT2D eigenvalue weighted by molar-refractivity contribution is 7.89. The van der Waals surface area contributed by atoms with E-state index in [1.807, 2.05) is 55.5 Å². The lowest BCUT2D eigenvalue weighted by Gasteiger charge is -2.23. The largest absolute Gasteiger partial charge is 0.346 e. The van der Waals surface area contributed by atoms with Crippen molar-refractivity contribution in [3.63, 3.8) is 0 Å². The predicted octanol–water partition coefficient (Wildman–Crippen LogP) is 3.67. The minimum absolute atomic E-state index is 0.0259. The summed E-state index contributed by atoms with van der Waals surface area (Å²) in [5, 5.41) is 8.52. The van der Waals surface area contributed by atoms with Gasteiger partial charge < -0.3 is 9.84 Å². The highest BCUT2D eigenvalue weighted by Gasteiger charge is 2.39. The van der Waals surface area contributed by atoms with E-state index in [0.29, 0.717) is 25.2 Å². The van der Waals surface area contributed by atoms with Crippen LogP contribution in [0.15, 0.2) is 76.1 Å². The molecule has 0 radical (unpaired) electrons. The molecule has 0 unspecified atom stereocenters. The standard InChI is InChI=1S/C25H24N4O4S/c1-17-8-10-19(11-9-17)24-27-23(33-28-24)16-26-25(30)22-7-4-14-29(22)34(31,32)21-13-12-18-5-2-3-6-20(18)15-21/h2-3,5-6,8-13,15,22H,4,7,14,16H2,1H3,(H,26,30)/t22-/m0/s1. The van der Waals surface area contributed by atoms with Gasteiger partial charge in [-0.15, -0.1) is 0 Å². The number of rotatable bonds is 6. The number of carbonyl (C=O) groups excluding carboxylic acids is 1. The molecule has 1 saturated heterocycles. The number of aromatic nitrogens is 2. The Morgan fingerprint density at radius 2 is 1.85 bits per heavy atom. The maximum Gasteiger partial charge on any atom is 0.246 e. The first-order valence-corrected chi connectivity index (χ1v) is 12.5. The summed E-state index contributed by atoms with van der Waals surface area (Å²) in [5.74, 6) is 0.313. The van der Waals surface area contributed by atoms with Crippen LogP contribution in [0.25, 0.3) is 22.2 Å². The van der Waals surface area contributed by atoms with Gasteiger partial charge in [0.15, 0.2) is 0 Å². The molecule has 1 aromatic heterocycles. The van der Waals surface area contributed by atoms with Crippen LogP contribution >= 0.6 is 0 Å². The maximum atomic E-state index is 13.4. The van der Waals surface area contributed by atoms with E-state index in [-0.39, 0.29) is 23.2 Å². The van der Waals surface area contributed by atoms with Crippen molar-refractivity contribution in [2.75, 3.05) is 6.54 Å². The lowest BCUT2D eigenvalue weighted by Crippen LogP contribution is -2.45. The number of benzene rings is 3. The number of sulfonamides is 1. The Kier molecular flexibility index (Phi) is 5.89. The van der Waals surface area contributed by atoms with Gasteiger partial charge in [-0.25, -0.2) is 8.42 Å². The zero-order valence-electron chi connectivity index (χ0n) is 18.6. The second-order valence-electron chi connectivity index (χ2n) is 8.38. The number of nitrogens with zero attached hydrogens (tertiary/aromatic N) is 3. The lowest BCUT2D eigenvalue weighted by atomic mass is 10.1. The summed E-state index contributed by atoms with van der Waals surface area (Å²) in [4.78, 5) is 17.4. The van der Waals surface area contributed by atoms with Crippen LogP contribution in [0.3, 0.4) is 0 Å². The number of aryl methyl sites for hydroxylation is 1. The summed E-state index contributed by atoms with van der Waals surface area (Å²) >= 11 is 0. The first-order chi connectivity index (χ1) is 16.4. The van der Waals surface area contributed by atoms with Gasteiger partial charge in [0.25, 0.3) is 0 Å². The van der Waals surface area contributed by atoms with Crippen molar-refractivity contribution in [1.29, 1.82) is 0 Å². The highest BCUT2D eigenvalue weighted by Crippen LogP contribution is 2.28. The van der Waals surface area contributed by atoms with Crippen LogP contribution < -0.4 is 5.32 Å². The van der Waals surface area contributed by atoms with Crippen LogP contribution in [-0.4, -0.2) is 41.4 Å². The van der Waals surface area contributed by atoms with Crippen molar-refractivity contribution in [2.24, 2.45) is 0 Å². The molecule has 8 nitrogen and oxygen atoms in total. The van der Waals surface area contributed by atoms with E-state index in [0.717, 1.165) is 21.9 Å². The quantitative estimate of drug-likeness (QED) is 0.455. The van der Waals surface area contributed by atoms with Crippen LogP contribution in [0.1, 0.15) is 24.3 Å². The van der Waals surface area contributed by atoms with Gasteiger partial charge in [-0.2, -0.15) is 9.29 Å². The smallest absolute Gasteiger partial charge is 0.246 e. The molecule has 0 bridgehead atoms. The fourth-order valence-corrected chi connectivity index (χ4v) is 5.87. The van der Waals surface area contributed by atoms with E-state index < -0.39 is 16.1 Å². The van der Waals surface area contributed by atoms with Gasteiger partial charge in [-0.1, -0.05) is 65.3 Å². The molecule has 0 spiro atoms. The molecule has 174 valence electrons. The number of nitrogens with one attached hydrogen (secondary N) is 1. The molecule has 0 saturated carbocycles. The molecule has 1 aliphatic rings. The second-order valence-corrected chi connectivity index (χ2v) is 10.3. The summed E-state index contributed by atoms with van der Waals surface area (Å²) < 4.78 is 33.3. The summed E-state index contributed by atoms with van der Waals surface area (Å²) in [5.41, 5.74) is 1.94. The molecule has 0 aliphatic carbocycles. The maximum absolute atomic E-state index is 13.4. The van der Waals surface area contributed by atoms with Gasteiger partial charge in [-0.3, -0.25) is 4.79 Å². The van der Waals surface area contributed by atoms with Gasteiger partial charge >= 0.3 is 0 Å². The number of carbonyl (C=O) groups is 1. The van der Waals surface area contributed by atoms with E-state index in [1.54, 1.807) is 18.2 Å². The third kappa shape index (κ3) is 4.32. The molecule has 1 fully saturated rings. The number of hydrogen-bond donors (Lipinski definition) is 1. The van der Waals surface area contributed by atoms with Crippen LogP contribution in [0.4, 0.5) is 0 Å². The van der Waals surface area contributed by atoms with Gasteiger partial charge in [0, 0.05) is 12.1 Å². The fraction of sp³-hybridized carbons (Fsp3) is 0.240. The van der Waals surface area contributed by atoms with Gasteiger partial charge in [0.05, 0.1) is 11.4 Å². The topological polar surface area (TPSA) is 105 Å². The molecule has 1 amide bonds. The van der Waals surface area contributed by atoms with Gasteiger partial charge in [-0.05, 0) is 42.7 Å². The van der Waals surface area contributed by atoms with Crippen LogP contribution in [0, 0.1) is 6.92 Å². The Morgan fingerprint density at radius 3 is 2.65 bits per heavy atom. The number of amides is 1. The Balaban J connectivity index is 1.28. The van der Waals surface area contributed by atoms with Crippen molar-refractivity contribution in [1.82, 2.24) is 19.8 Å². The Hall–Kier alpha value is -3.56. The zero-order valence-corrected chi connectivity index (χ0v) is 19.5. The monoisotopic (exact) mass is 476 g/mol. The number of hydrogen-bond acceptors (Lipinski definition) is 6. The van der Waals surface area contributed by atoms with Gasteiger partial charge in [0.2, 0.25) is 27.6 Å². The van der Waals surface area contributed by atoms with Crippen LogP contribution in [-0.2, 0) is 21.4 Å². The molecular weight excluding hydrogens is 452 g/mol. The minimum Gasteiger partial charge on any atom is -0.346 e.